The molecule has 1 aliphatic heterocycles. The Balaban J connectivity index is 2.03. The lowest BCUT2D eigenvalue weighted by Crippen LogP contribution is -2.49. The van der Waals surface area contributed by atoms with Gasteiger partial charge in [0, 0.05) is 46.1 Å². The highest BCUT2D eigenvalue weighted by Crippen LogP contribution is 2.27. The lowest BCUT2D eigenvalue weighted by molar-refractivity contribution is 0.257. The second kappa shape index (κ2) is 5.24. The normalized spacial score (nSPS) is 20.8. The molecule has 9 heteroatoms. The number of sulfonamides is 1. The number of aryl methyl sites for hydroxylation is 2. The molecule has 0 radical (unpaired) electrons. The molecule has 1 unspecified atom stereocenters. The van der Waals surface area contributed by atoms with Crippen molar-refractivity contribution in [3.8, 4) is 0 Å². The van der Waals surface area contributed by atoms with Crippen LogP contribution in [0.2, 0.25) is 0 Å². The van der Waals surface area contributed by atoms with Crippen LogP contribution >= 0.6 is 0 Å². The largest absolute Gasteiger partial charge is 0.337 e. The molecule has 0 saturated carbocycles. The van der Waals surface area contributed by atoms with Gasteiger partial charge in [0.05, 0.1) is 12.2 Å². The first-order chi connectivity index (χ1) is 10.0. The molecule has 0 bridgehead atoms. The number of piperazine rings is 1. The van der Waals surface area contributed by atoms with Crippen molar-refractivity contribution in [2.45, 2.75) is 11.1 Å². The SMILES string of the molecule is Cn1ccnc1C1CNCCN1S(=O)(=O)c1ccnn1C. The first kappa shape index (κ1) is 14.2. The average Bonchev–Trinajstić information content (AvgIpc) is 3.07. The van der Waals surface area contributed by atoms with Crippen molar-refractivity contribution >= 4 is 10.0 Å². The molecule has 0 aromatic carbocycles. The molecule has 3 heterocycles. The summed E-state index contributed by atoms with van der Waals surface area (Å²) in [5, 5.41) is 7.39. The zero-order valence-corrected chi connectivity index (χ0v) is 12.8. The summed E-state index contributed by atoms with van der Waals surface area (Å²) in [4.78, 5) is 4.30. The number of hydrogen-bond donors (Lipinski definition) is 1. The number of nitrogens with one attached hydrogen (secondary N) is 1. The van der Waals surface area contributed by atoms with Crippen molar-refractivity contribution in [2.24, 2.45) is 14.1 Å². The molecule has 114 valence electrons. The third kappa shape index (κ3) is 2.37. The minimum absolute atomic E-state index is 0.198. The van der Waals surface area contributed by atoms with Crippen LogP contribution < -0.4 is 5.32 Å². The molecule has 8 nitrogen and oxygen atoms in total. The van der Waals surface area contributed by atoms with Crippen LogP contribution in [0, 0.1) is 0 Å². The molecule has 0 amide bonds. The fraction of sp³-hybridized carbons (Fsp3) is 0.500. The Morgan fingerprint density at radius 2 is 2.14 bits per heavy atom. The minimum Gasteiger partial charge on any atom is -0.337 e. The predicted molar refractivity (Wildman–Crippen MR) is 75.9 cm³/mol. The number of nitrogens with zero attached hydrogens (tertiary/aromatic N) is 5. The van der Waals surface area contributed by atoms with Crippen LogP contribution in [0.4, 0.5) is 0 Å². The first-order valence-electron chi connectivity index (χ1n) is 6.69. The summed E-state index contributed by atoms with van der Waals surface area (Å²) in [6, 6.07) is 1.20. The Hall–Kier alpha value is -1.71. The summed E-state index contributed by atoms with van der Waals surface area (Å²) < 4.78 is 30.5. The fourth-order valence-corrected chi connectivity index (χ4v) is 4.32. The van der Waals surface area contributed by atoms with Crippen molar-refractivity contribution in [2.75, 3.05) is 19.6 Å². The van der Waals surface area contributed by atoms with Crippen LogP contribution in [0.3, 0.4) is 0 Å². The van der Waals surface area contributed by atoms with Crippen LogP contribution in [-0.2, 0) is 24.1 Å². The number of rotatable bonds is 3. The molecule has 1 fully saturated rings. The van der Waals surface area contributed by atoms with Crippen LogP contribution in [0.5, 0.6) is 0 Å². The van der Waals surface area contributed by atoms with Crippen LogP contribution in [-0.4, -0.2) is 51.7 Å². The molecule has 0 spiro atoms. The summed E-state index contributed by atoms with van der Waals surface area (Å²) in [6.45, 7) is 1.57. The molecular formula is C12H18N6O2S. The molecule has 1 aliphatic rings. The van der Waals surface area contributed by atoms with E-state index >= 15 is 0 Å². The van der Waals surface area contributed by atoms with Gasteiger partial charge < -0.3 is 9.88 Å². The molecule has 21 heavy (non-hydrogen) atoms. The van der Waals surface area contributed by atoms with E-state index in [4.69, 9.17) is 0 Å². The lowest BCUT2D eigenvalue weighted by atomic mass is 10.2. The van der Waals surface area contributed by atoms with Gasteiger partial charge in [-0.3, -0.25) is 4.68 Å². The van der Waals surface area contributed by atoms with E-state index in [2.05, 4.69) is 15.4 Å². The van der Waals surface area contributed by atoms with E-state index in [9.17, 15) is 8.42 Å². The monoisotopic (exact) mass is 310 g/mol. The van der Waals surface area contributed by atoms with Gasteiger partial charge in [-0.1, -0.05) is 0 Å². The van der Waals surface area contributed by atoms with Crippen molar-refractivity contribution in [3.63, 3.8) is 0 Å². The Morgan fingerprint density at radius 1 is 1.33 bits per heavy atom. The van der Waals surface area contributed by atoms with Crippen molar-refractivity contribution in [1.82, 2.24) is 29.0 Å². The maximum atomic E-state index is 12.9. The average molecular weight is 310 g/mol. The van der Waals surface area contributed by atoms with E-state index in [0.29, 0.717) is 19.6 Å². The molecule has 1 N–H and O–H groups in total. The van der Waals surface area contributed by atoms with E-state index in [1.165, 1.54) is 21.3 Å². The van der Waals surface area contributed by atoms with Crippen molar-refractivity contribution < 1.29 is 8.42 Å². The minimum atomic E-state index is -3.60. The Labute approximate surface area is 123 Å². The van der Waals surface area contributed by atoms with E-state index in [1.54, 1.807) is 13.2 Å². The third-order valence-corrected chi connectivity index (χ3v) is 5.68. The van der Waals surface area contributed by atoms with Gasteiger partial charge in [0.25, 0.3) is 10.0 Å². The summed E-state index contributed by atoms with van der Waals surface area (Å²) in [6.07, 6.45) is 4.99. The highest BCUT2D eigenvalue weighted by Gasteiger charge is 2.37. The van der Waals surface area contributed by atoms with Crippen LogP contribution in [0.1, 0.15) is 11.9 Å². The third-order valence-electron chi connectivity index (χ3n) is 3.70. The highest BCUT2D eigenvalue weighted by molar-refractivity contribution is 7.89. The maximum Gasteiger partial charge on any atom is 0.260 e. The van der Waals surface area contributed by atoms with Gasteiger partial charge in [-0.05, 0) is 6.07 Å². The number of aromatic nitrogens is 4. The number of hydrogen-bond acceptors (Lipinski definition) is 5. The lowest BCUT2D eigenvalue weighted by Gasteiger charge is -2.34. The second-order valence-electron chi connectivity index (χ2n) is 5.03. The summed E-state index contributed by atoms with van der Waals surface area (Å²) in [7, 11) is -0.104. The van der Waals surface area contributed by atoms with Crippen LogP contribution in [0.25, 0.3) is 0 Å². The molecule has 1 atom stereocenters. The Kier molecular flexibility index (Phi) is 3.56. The standard InChI is InChI=1S/C12H18N6O2S/c1-16-7-6-14-12(16)10-9-13-5-8-18(10)21(19,20)11-3-4-15-17(11)2/h3-4,6-7,10,13H,5,8-9H2,1-2H3. The molecule has 0 aliphatic carbocycles. The van der Waals surface area contributed by atoms with Gasteiger partial charge in [-0.15, -0.1) is 0 Å². The van der Waals surface area contributed by atoms with Gasteiger partial charge >= 0.3 is 0 Å². The quantitative estimate of drug-likeness (QED) is 0.825. The van der Waals surface area contributed by atoms with E-state index in [0.717, 1.165) is 5.82 Å². The molecule has 2 aromatic heterocycles. The second-order valence-corrected chi connectivity index (χ2v) is 6.86. The molecule has 1 saturated heterocycles. The first-order valence-corrected chi connectivity index (χ1v) is 8.13. The van der Waals surface area contributed by atoms with Crippen molar-refractivity contribution in [3.05, 3.63) is 30.5 Å². The highest BCUT2D eigenvalue weighted by atomic mass is 32.2. The van der Waals surface area contributed by atoms with E-state index in [1.807, 2.05) is 17.8 Å². The zero-order valence-electron chi connectivity index (χ0n) is 12.0. The van der Waals surface area contributed by atoms with Crippen LogP contribution in [0.15, 0.2) is 29.7 Å². The number of imidazole rings is 1. The topological polar surface area (TPSA) is 85.1 Å². The smallest absolute Gasteiger partial charge is 0.260 e. The summed E-state index contributed by atoms with van der Waals surface area (Å²) in [5.74, 6) is 0.730. The fourth-order valence-electron chi connectivity index (χ4n) is 2.63. The molecule has 3 rings (SSSR count). The summed E-state index contributed by atoms with van der Waals surface area (Å²) in [5.41, 5.74) is 0. The predicted octanol–water partition coefficient (Wildman–Crippen LogP) is -0.511. The van der Waals surface area contributed by atoms with Gasteiger partial charge in [-0.25, -0.2) is 13.4 Å². The Bertz CT molecular complexity index is 735. The van der Waals surface area contributed by atoms with Gasteiger partial charge in [0.1, 0.15) is 5.82 Å². The van der Waals surface area contributed by atoms with Gasteiger partial charge in [-0.2, -0.15) is 9.40 Å². The van der Waals surface area contributed by atoms with E-state index in [-0.39, 0.29) is 11.1 Å². The van der Waals surface area contributed by atoms with Gasteiger partial charge in [0.2, 0.25) is 0 Å². The van der Waals surface area contributed by atoms with Gasteiger partial charge in [0.15, 0.2) is 5.03 Å². The zero-order chi connectivity index (χ0) is 15.0. The molecule has 2 aromatic rings. The van der Waals surface area contributed by atoms with Crippen molar-refractivity contribution in [1.29, 1.82) is 0 Å². The maximum absolute atomic E-state index is 12.9. The van der Waals surface area contributed by atoms with E-state index < -0.39 is 10.0 Å². The molecular weight excluding hydrogens is 292 g/mol. The Morgan fingerprint density at radius 3 is 2.76 bits per heavy atom. The summed E-state index contributed by atoms with van der Waals surface area (Å²) >= 11 is 0.